The lowest BCUT2D eigenvalue weighted by Gasteiger charge is -2.20. The van der Waals surface area contributed by atoms with E-state index in [0.29, 0.717) is 23.7 Å². The number of carbonyl (C=O) groups excluding carboxylic acids is 1. The first-order chi connectivity index (χ1) is 10.2. The molecule has 0 spiro atoms. The number of nitrogen functional groups attached to an aromatic ring is 1. The number of amides is 2. The lowest BCUT2D eigenvalue weighted by molar-refractivity contribution is 0.257. The Labute approximate surface area is 123 Å². The third kappa shape index (κ3) is 2.38. The maximum atomic E-state index is 12.5. The van der Waals surface area contributed by atoms with Gasteiger partial charge in [-0.1, -0.05) is 24.3 Å². The number of nitrogens with two attached hydrogens (primary N) is 1. The molecule has 0 atom stereocenters. The first kappa shape index (κ1) is 13.3. The van der Waals surface area contributed by atoms with E-state index in [0.717, 1.165) is 17.7 Å². The summed E-state index contributed by atoms with van der Waals surface area (Å²) in [5, 5.41) is 2.88. The number of carbonyl (C=O) groups is 1. The van der Waals surface area contributed by atoms with E-state index >= 15 is 0 Å². The van der Waals surface area contributed by atoms with Crippen molar-refractivity contribution in [3.63, 3.8) is 0 Å². The highest BCUT2D eigenvalue weighted by atomic mass is 16.5. The van der Waals surface area contributed by atoms with Crippen LogP contribution in [0.4, 0.5) is 21.9 Å². The van der Waals surface area contributed by atoms with Crippen molar-refractivity contribution in [3.05, 3.63) is 48.0 Å². The van der Waals surface area contributed by atoms with Crippen LogP contribution in [0.3, 0.4) is 0 Å². The molecule has 0 unspecified atom stereocenters. The van der Waals surface area contributed by atoms with E-state index in [2.05, 4.69) is 5.32 Å². The van der Waals surface area contributed by atoms with Crippen molar-refractivity contribution in [1.82, 2.24) is 0 Å². The summed E-state index contributed by atoms with van der Waals surface area (Å²) in [7, 11) is 1.58. The predicted molar refractivity (Wildman–Crippen MR) is 83.9 cm³/mol. The minimum Gasteiger partial charge on any atom is -0.495 e. The highest BCUT2D eigenvalue weighted by Crippen LogP contribution is 2.34. The van der Waals surface area contributed by atoms with Crippen molar-refractivity contribution in [2.24, 2.45) is 0 Å². The number of methoxy groups -OCH3 is 1. The van der Waals surface area contributed by atoms with Gasteiger partial charge in [0.15, 0.2) is 0 Å². The molecular formula is C16H17N3O2. The highest BCUT2D eigenvalue weighted by Gasteiger charge is 2.26. The van der Waals surface area contributed by atoms with Gasteiger partial charge < -0.3 is 15.8 Å². The van der Waals surface area contributed by atoms with Crippen LogP contribution in [-0.4, -0.2) is 19.7 Å². The molecule has 21 heavy (non-hydrogen) atoms. The fraction of sp³-hybridized carbons (Fsp3) is 0.188. The van der Waals surface area contributed by atoms with E-state index < -0.39 is 0 Å². The summed E-state index contributed by atoms with van der Waals surface area (Å²) in [6.07, 6.45) is 0.819. The summed E-state index contributed by atoms with van der Waals surface area (Å²) in [6.45, 7) is 0.629. The molecule has 0 radical (unpaired) electrons. The minimum absolute atomic E-state index is 0.198. The van der Waals surface area contributed by atoms with Gasteiger partial charge in [0.2, 0.25) is 0 Å². The molecule has 1 aliphatic rings. The lowest BCUT2D eigenvalue weighted by Crippen LogP contribution is -2.33. The fourth-order valence-corrected chi connectivity index (χ4v) is 2.62. The predicted octanol–water partition coefficient (Wildman–Crippen LogP) is 2.87. The molecule has 108 valence electrons. The number of hydrogen-bond donors (Lipinski definition) is 2. The number of nitrogens with one attached hydrogen (secondary N) is 1. The second-order valence-corrected chi connectivity index (χ2v) is 4.89. The van der Waals surface area contributed by atoms with Crippen LogP contribution in [-0.2, 0) is 6.42 Å². The van der Waals surface area contributed by atoms with E-state index in [1.54, 1.807) is 12.0 Å². The number of fused-ring (bicyclic) bond motifs is 1. The highest BCUT2D eigenvalue weighted by molar-refractivity contribution is 6.05. The summed E-state index contributed by atoms with van der Waals surface area (Å²) in [5.74, 6) is 0.631. The van der Waals surface area contributed by atoms with Crippen LogP contribution in [0.1, 0.15) is 5.56 Å². The molecule has 0 aromatic heterocycles. The van der Waals surface area contributed by atoms with Crippen LogP contribution in [0.25, 0.3) is 0 Å². The Hall–Kier alpha value is -2.69. The average Bonchev–Trinajstić information content (AvgIpc) is 2.93. The zero-order chi connectivity index (χ0) is 14.8. The maximum Gasteiger partial charge on any atom is 0.326 e. The molecule has 0 saturated heterocycles. The zero-order valence-corrected chi connectivity index (χ0v) is 11.8. The molecule has 2 aromatic rings. The third-order valence-electron chi connectivity index (χ3n) is 3.62. The maximum absolute atomic E-state index is 12.5. The Kier molecular flexibility index (Phi) is 3.39. The van der Waals surface area contributed by atoms with Crippen LogP contribution >= 0.6 is 0 Å². The molecule has 1 aliphatic heterocycles. The normalized spacial score (nSPS) is 12.9. The lowest BCUT2D eigenvalue weighted by atomic mass is 10.1. The zero-order valence-electron chi connectivity index (χ0n) is 11.8. The molecule has 5 nitrogen and oxygen atoms in total. The summed E-state index contributed by atoms with van der Waals surface area (Å²) >= 11 is 0. The fourth-order valence-electron chi connectivity index (χ4n) is 2.62. The topological polar surface area (TPSA) is 67.6 Å². The molecule has 3 rings (SSSR count). The van der Waals surface area contributed by atoms with Crippen molar-refractivity contribution in [1.29, 1.82) is 0 Å². The number of benzene rings is 2. The SMILES string of the molecule is COc1ccccc1NC(=O)N1CCc2cccc(N)c21. The first-order valence-corrected chi connectivity index (χ1v) is 6.79. The molecule has 2 aromatic carbocycles. The van der Waals surface area contributed by atoms with Gasteiger partial charge in [0.25, 0.3) is 0 Å². The monoisotopic (exact) mass is 283 g/mol. The second-order valence-electron chi connectivity index (χ2n) is 4.89. The van der Waals surface area contributed by atoms with Crippen molar-refractivity contribution >= 4 is 23.1 Å². The summed E-state index contributed by atoms with van der Waals surface area (Å²) in [4.78, 5) is 14.2. The van der Waals surface area contributed by atoms with Crippen LogP contribution in [0.5, 0.6) is 5.75 Å². The molecular weight excluding hydrogens is 266 g/mol. The molecule has 2 amide bonds. The van der Waals surface area contributed by atoms with E-state index in [-0.39, 0.29) is 6.03 Å². The van der Waals surface area contributed by atoms with Gasteiger partial charge in [0, 0.05) is 6.54 Å². The van der Waals surface area contributed by atoms with Crippen molar-refractivity contribution < 1.29 is 9.53 Å². The molecule has 3 N–H and O–H groups in total. The van der Waals surface area contributed by atoms with E-state index in [4.69, 9.17) is 10.5 Å². The molecule has 0 saturated carbocycles. The molecule has 0 bridgehead atoms. The molecule has 0 aliphatic carbocycles. The van der Waals surface area contributed by atoms with Gasteiger partial charge in [0.1, 0.15) is 5.75 Å². The van der Waals surface area contributed by atoms with Gasteiger partial charge in [-0.25, -0.2) is 4.79 Å². The first-order valence-electron chi connectivity index (χ1n) is 6.79. The second kappa shape index (κ2) is 5.36. The van der Waals surface area contributed by atoms with Gasteiger partial charge in [-0.05, 0) is 30.2 Å². The Morgan fingerprint density at radius 3 is 2.86 bits per heavy atom. The number of nitrogens with zero attached hydrogens (tertiary/aromatic N) is 1. The van der Waals surface area contributed by atoms with Gasteiger partial charge in [0.05, 0.1) is 24.2 Å². The summed E-state index contributed by atoms with van der Waals surface area (Å²) in [6, 6.07) is 12.9. The van der Waals surface area contributed by atoms with Gasteiger partial charge in [-0.15, -0.1) is 0 Å². The van der Waals surface area contributed by atoms with Gasteiger partial charge in [-0.2, -0.15) is 0 Å². The Morgan fingerprint density at radius 2 is 2.05 bits per heavy atom. The van der Waals surface area contributed by atoms with Crippen molar-refractivity contribution in [2.75, 3.05) is 29.6 Å². The van der Waals surface area contributed by atoms with Crippen LogP contribution in [0.2, 0.25) is 0 Å². The van der Waals surface area contributed by atoms with Crippen LogP contribution in [0, 0.1) is 0 Å². The Morgan fingerprint density at radius 1 is 1.24 bits per heavy atom. The van der Waals surface area contributed by atoms with Crippen molar-refractivity contribution in [3.8, 4) is 5.75 Å². The van der Waals surface area contributed by atoms with Gasteiger partial charge in [-0.3, -0.25) is 4.90 Å². The summed E-state index contributed by atoms with van der Waals surface area (Å²) < 4.78 is 5.24. The Bertz CT molecular complexity index is 685. The van der Waals surface area contributed by atoms with Crippen LogP contribution in [0.15, 0.2) is 42.5 Å². The number of anilines is 3. The quantitative estimate of drug-likeness (QED) is 0.833. The van der Waals surface area contributed by atoms with E-state index in [1.165, 1.54) is 0 Å². The van der Waals surface area contributed by atoms with Crippen molar-refractivity contribution in [2.45, 2.75) is 6.42 Å². The van der Waals surface area contributed by atoms with Crippen LogP contribution < -0.4 is 20.7 Å². The Balaban J connectivity index is 1.85. The van der Waals surface area contributed by atoms with E-state index in [9.17, 15) is 4.79 Å². The molecule has 1 heterocycles. The number of rotatable bonds is 2. The number of ether oxygens (including phenoxy) is 1. The molecule has 5 heteroatoms. The average molecular weight is 283 g/mol. The van der Waals surface area contributed by atoms with E-state index in [1.807, 2.05) is 42.5 Å². The summed E-state index contributed by atoms with van der Waals surface area (Å²) in [5.41, 5.74) is 9.19. The largest absolute Gasteiger partial charge is 0.495 e. The number of para-hydroxylation sites is 3. The standard InChI is InChI=1S/C16H17N3O2/c1-21-14-8-3-2-7-13(14)18-16(20)19-10-9-11-5-4-6-12(17)15(11)19/h2-8H,9-10,17H2,1H3,(H,18,20). The third-order valence-corrected chi connectivity index (χ3v) is 3.62. The number of urea groups is 1. The molecule has 0 fully saturated rings. The number of hydrogen-bond acceptors (Lipinski definition) is 3. The minimum atomic E-state index is -0.198. The van der Waals surface area contributed by atoms with Gasteiger partial charge >= 0.3 is 6.03 Å². The smallest absolute Gasteiger partial charge is 0.326 e.